The lowest BCUT2D eigenvalue weighted by Gasteiger charge is -2.62. The molecule has 0 heterocycles. The van der Waals surface area contributed by atoms with Crippen LogP contribution in [0.4, 0.5) is 0 Å². The Bertz CT molecular complexity index is 1420. The number of oxime groups is 1. The van der Waals surface area contributed by atoms with E-state index in [2.05, 4.69) is 5.16 Å². The van der Waals surface area contributed by atoms with Crippen LogP contribution in [0, 0.1) is 22.7 Å². The predicted molar refractivity (Wildman–Crippen MR) is 168 cm³/mol. The fourth-order valence-corrected chi connectivity index (χ4v) is 8.16. The number of hydrogen-bond acceptors (Lipinski definition) is 12. The number of rotatable bonds is 8. The molecular weight excluding hydrogens is 610 g/mol. The van der Waals surface area contributed by atoms with Gasteiger partial charge in [-0.2, -0.15) is 0 Å². The smallest absolute Gasteiger partial charge is 0.303 e. The maximum atomic E-state index is 12.9. The van der Waals surface area contributed by atoms with E-state index in [1.807, 2.05) is 44.2 Å². The molecule has 3 aliphatic rings. The van der Waals surface area contributed by atoms with Crippen LogP contribution < -0.4 is 0 Å². The normalized spacial score (nSPS) is 34.7. The van der Waals surface area contributed by atoms with E-state index in [-0.39, 0.29) is 25.4 Å². The molecule has 0 saturated heterocycles. The fraction of sp³-hybridized carbons (Fsp3) is 0.629. The van der Waals surface area contributed by atoms with Crippen molar-refractivity contribution in [3.05, 3.63) is 47.0 Å². The van der Waals surface area contributed by atoms with E-state index >= 15 is 0 Å². The highest BCUT2D eigenvalue weighted by Gasteiger charge is 2.69. The van der Waals surface area contributed by atoms with Crippen LogP contribution >= 0.6 is 0 Å². The molecular formula is C35H47NO11. The van der Waals surface area contributed by atoms with Gasteiger partial charge in [0.15, 0.2) is 12.2 Å². The van der Waals surface area contributed by atoms with Gasteiger partial charge in [-0.05, 0) is 47.8 Å². The Hall–Kier alpha value is -3.77. The standard InChI is InChI=1S/C35H47NO11/c1-19-26(44-20(2)37)14-25-15-27-34(8,32(47-23(5)40)31(46-22(4)39)30(19)33(25,6)7)29(45-21(3)38)16-28(41)35(27,42)18-36-43-17-24-12-10-9-11-13-24/h9-13,18,25-29,31-32,41-42H,14-17H2,1-8H3/b36-18-/t25-,26-,27-,28-,29-,31+,32-,34-,35+/m0/s1. The molecule has 4 rings (SSSR count). The summed E-state index contributed by atoms with van der Waals surface area (Å²) in [6, 6.07) is 9.28. The van der Waals surface area contributed by atoms with Crippen molar-refractivity contribution in [1.29, 1.82) is 0 Å². The number of fused-ring (bicyclic) bond motifs is 3. The van der Waals surface area contributed by atoms with E-state index in [9.17, 15) is 29.4 Å². The number of carbonyl (C=O) groups is 4. The van der Waals surface area contributed by atoms with E-state index in [4.69, 9.17) is 23.8 Å². The third kappa shape index (κ3) is 7.08. The maximum absolute atomic E-state index is 12.9. The summed E-state index contributed by atoms with van der Waals surface area (Å²) in [5.74, 6) is -3.87. The average Bonchev–Trinajstić information content (AvgIpc) is 2.96. The van der Waals surface area contributed by atoms with E-state index in [1.54, 1.807) is 13.8 Å². The second kappa shape index (κ2) is 13.8. The Balaban J connectivity index is 1.97. The SMILES string of the molecule is CC(=O)O[C@H]1C[C@H]2C[C@@H]3[C@](O)(/C=N\OCc4ccccc4)[C@@H](O)C[C@H](OC(C)=O)[C@@]3(C)[C@@H](OC(C)=O)[C@H](OC(C)=O)C(=C1C)C2(C)C. The monoisotopic (exact) mass is 657 g/mol. The van der Waals surface area contributed by atoms with Gasteiger partial charge in [-0.1, -0.05) is 56.3 Å². The predicted octanol–water partition coefficient (Wildman–Crippen LogP) is 3.80. The molecule has 0 radical (unpaired) electrons. The third-order valence-corrected chi connectivity index (χ3v) is 10.4. The highest BCUT2D eigenvalue weighted by atomic mass is 16.6. The lowest BCUT2D eigenvalue weighted by Crippen LogP contribution is -2.71. The molecule has 0 aromatic heterocycles. The first-order chi connectivity index (χ1) is 21.9. The molecule has 9 atom stereocenters. The Morgan fingerprint density at radius 1 is 0.872 bits per heavy atom. The lowest BCUT2D eigenvalue weighted by molar-refractivity contribution is -0.251. The largest absolute Gasteiger partial charge is 0.462 e. The first-order valence-corrected chi connectivity index (χ1v) is 15.9. The molecule has 3 aliphatic carbocycles. The van der Waals surface area contributed by atoms with Crippen molar-refractivity contribution >= 4 is 30.1 Å². The summed E-state index contributed by atoms with van der Waals surface area (Å²) < 4.78 is 23.7. The molecule has 2 N–H and O–H groups in total. The van der Waals surface area contributed by atoms with Gasteiger partial charge in [0.05, 0.1) is 17.7 Å². The molecule has 0 spiro atoms. The van der Waals surface area contributed by atoms with Crippen LogP contribution in [0.5, 0.6) is 0 Å². The molecule has 2 fully saturated rings. The van der Waals surface area contributed by atoms with Gasteiger partial charge in [0, 0.05) is 40.0 Å². The van der Waals surface area contributed by atoms with Crippen LogP contribution in [-0.2, 0) is 49.6 Å². The summed E-state index contributed by atoms with van der Waals surface area (Å²) in [6.07, 6.45) is -4.40. The third-order valence-electron chi connectivity index (χ3n) is 10.4. The van der Waals surface area contributed by atoms with Crippen LogP contribution in [0.25, 0.3) is 0 Å². The molecule has 1 aromatic rings. The lowest BCUT2D eigenvalue weighted by atomic mass is 9.47. The number of benzene rings is 1. The minimum absolute atomic E-state index is 0.0965. The highest BCUT2D eigenvalue weighted by Crippen LogP contribution is 2.61. The number of hydrogen-bond donors (Lipinski definition) is 2. The van der Waals surface area contributed by atoms with E-state index in [0.717, 1.165) is 11.8 Å². The summed E-state index contributed by atoms with van der Waals surface area (Å²) >= 11 is 0. The first kappa shape index (κ1) is 36.1. The van der Waals surface area contributed by atoms with Crippen LogP contribution in [0.15, 0.2) is 46.6 Å². The van der Waals surface area contributed by atoms with Gasteiger partial charge in [-0.25, -0.2) is 0 Å². The number of nitrogens with zero attached hydrogens (tertiary/aromatic N) is 1. The summed E-state index contributed by atoms with van der Waals surface area (Å²) in [6.45, 7) is 12.5. The van der Waals surface area contributed by atoms with Gasteiger partial charge in [0.2, 0.25) is 0 Å². The molecule has 0 aliphatic heterocycles. The Kier molecular flexibility index (Phi) is 10.6. The van der Waals surface area contributed by atoms with Gasteiger partial charge < -0.3 is 34.0 Å². The molecule has 47 heavy (non-hydrogen) atoms. The zero-order valence-corrected chi connectivity index (χ0v) is 28.3. The summed E-state index contributed by atoms with van der Waals surface area (Å²) in [7, 11) is 0. The van der Waals surface area contributed by atoms with Crippen LogP contribution in [0.1, 0.15) is 80.2 Å². The quantitative estimate of drug-likeness (QED) is 0.137. The Morgan fingerprint density at radius 3 is 2.04 bits per heavy atom. The van der Waals surface area contributed by atoms with Gasteiger partial charge in [0.1, 0.15) is 24.4 Å². The number of carbonyl (C=O) groups excluding carboxylic acids is 4. The highest BCUT2D eigenvalue weighted by molar-refractivity contribution is 5.72. The second-order valence-electron chi connectivity index (χ2n) is 13.8. The molecule has 1 aromatic carbocycles. The molecule has 0 unspecified atom stereocenters. The zero-order chi connectivity index (χ0) is 34.9. The summed E-state index contributed by atoms with van der Waals surface area (Å²) in [5.41, 5.74) is -2.20. The summed E-state index contributed by atoms with van der Waals surface area (Å²) in [5, 5.41) is 28.3. The summed E-state index contributed by atoms with van der Waals surface area (Å²) in [4.78, 5) is 56.0. The van der Waals surface area contributed by atoms with Gasteiger partial charge in [-0.3, -0.25) is 19.2 Å². The second-order valence-corrected chi connectivity index (χ2v) is 13.8. The number of esters is 4. The molecule has 12 nitrogen and oxygen atoms in total. The van der Waals surface area contributed by atoms with Crippen molar-refractivity contribution in [2.45, 2.75) is 117 Å². The Labute approximate surface area is 275 Å². The molecule has 2 bridgehead atoms. The first-order valence-electron chi connectivity index (χ1n) is 15.9. The van der Waals surface area contributed by atoms with Gasteiger partial charge in [-0.15, -0.1) is 0 Å². The zero-order valence-electron chi connectivity index (χ0n) is 28.3. The molecule has 12 heteroatoms. The Morgan fingerprint density at radius 2 is 1.47 bits per heavy atom. The molecule has 258 valence electrons. The van der Waals surface area contributed by atoms with Gasteiger partial charge >= 0.3 is 23.9 Å². The van der Waals surface area contributed by atoms with Crippen LogP contribution in [0.3, 0.4) is 0 Å². The van der Waals surface area contributed by atoms with Crippen LogP contribution in [0.2, 0.25) is 0 Å². The maximum Gasteiger partial charge on any atom is 0.303 e. The van der Waals surface area contributed by atoms with Crippen molar-refractivity contribution in [2.75, 3.05) is 0 Å². The van der Waals surface area contributed by atoms with Gasteiger partial charge in [0.25, 0.3) is 0 Å². The molecule has 0 amide bonds. The topological polar surface area (TPSA) is 167 Å². The number of ether oxygens (including phenoxy) is 4. The van der Waals surface area contributed by atoms with E-state index in [0.29, 0.717) is 17.6 Å². The number of aliphatic hydroxyl groups excluding tert-OH is 1. The average molecular weight is 658 g/mol. The van der Waals surface area contributed by atoms with Crippen molar-refractivity contribution in [3.63, 3.8) is 0 Å². The minimum Gasteiger partial charge on any atom is -0.462 e. The van der Waals surface area contributed by atoms with Crippen molar-refractivity contribution in [2.24, 2.45) is 27.8 Å². The molecule has 2 saturated carbocycles. The minimum atomic E-state index is -2.10. The van der Waals surface area contributed by atoms with Crippen molar-refractivity contribution in [1.82, 2.24) is 0 Å². The van der Waals surface area contributed by atoms with Crippen molar-refractivity contribution in [3.8, 4) is 0 Å². The number of aliphatic hydroxyl groups is 2. The fourth-order valence-electron chi connectivity index (χ4n) is 8.16. The van der Waals surface area contributed by atoms with Crippen molar-refractivity contribution < 1.29 is 53.2 Å². The van der Waals surface area contributed by atoms with Crippen LogP contribution in [-0.4, -0.2) is 76.4 Å². The van der Waals surface area contributed by atoms with E-state index < -0.39 is 76.7 Å². The van der Waals surface area contributed by atoms with E-state index in [1.165, 1.54) is 27.7 Å².